The van der Waals surface area contributed by atoms with Crippen LogP contribution in [0.1, 0.15) is 11.1 Å². The lowest BCUT2D eigenvalue weighted by atomic mass is 10.2. The van der Waals surface area contributed by atoms with Gasteiger partial charge in [-0.05, 0) is 24.3 Å². The van der Waals surface area contributed by atoms with E-state index in [1.165, 1.54) is 13.2 Å². The molecule has 0 unspecified atom stereocenters. The molecule has 0 saturated carbocycles. The third-order valence-electron chi connectivity index (χ3n) is 2.81. The first-order valence-electron chi connectivity index (χ1n) is 6.05. The summed E-state index contributed by atoms with van der Waals surface area (Å²) in [5.74, 6) is 0.637. The minimum absolute atomic E-state index is 0.0624. The number of methoxy groups -OCH3 is 1. The first-order valence-corrected chi connectivity index (χ1v) is 6.84. The van der Waals surface area contributed by atoms with Crippen LogP contribution < -0.4 is 15.2 Å². The zero-order chi connectivity index (χ0) is 15.4. The summed E-state index contributed by atoms with van der Waals surface area (Å²) >= 11 is 10.6. The normalized spacial score (nSPS) is 10.2. The van der Waals surface area contributed by atoms with Crippen molar-refractivity contribution in [3.63, 3.8) is 0 Å². The molecule has 0 aliphatic rings. The van der Waals surface area contributed by atoms with Gasteiger partial charge in [-0.25, -0.2) is 4.39 Å². The molecular weight excluding hydrogens is 313 g/mol. The summed E-state index contributed by atoms with van der Waals surface area (Å²) < 4.78 is 24.4. The van der Waals surface area contributed by atoms with Crippen molar-refractivity contribution in [2.75, 3.05) is 7.11 Å². The van der Waals surface area contributed by atoms with E-state index < -0.39 is 5.82 Å². The van der Waals surface area contributed by atoms with E-state index >= 15 is 0 Å². The molecule has 2 aromatic rings. The summed E-state index contributed by atoms with van der Waals surface area (Å²) in [5, 5.41) is 0.341. The van der Waals surface area contributed by atoms with Gasteiger partial charge in [0.15, 0.2) is 0 Å². The molecule has 0 radical (unpaired) electrons. The Bertz CT molecular complexity index is 679. The van der Waals surface area contributed by atoms with E-state index in [0.29, 0.717) is 27.6 Å². The highest BCUT2D eigenvalue weighted by Gasteiger charge is 2.07. The minimum Gasteiger partial charge on any atom is -0.497 e. The molecule has 0 aliphatic heterocycles. The summed E-state index contributed by atoms with van der Waals surface area (Å²) in [6.07, 6.45) is 0. The van der Waals surface area contributed by atoms with Crippen molar-refractivity contribution >= 4 is 28.8 Å². The molecule has 0 spiro atoms. The number of thiocarbonyl (C=S) groups is 1. The fraction of sp³-hybridized carbons (Fsp3) is 0.133. The molecule has 2 aromatic carbocycles. The van der Waals surface area contributed by atoms with Gasteiger partial charge in [0.25, 0.3) is 0 Å². The molecule has 6 heteroatoms. The van der Waals surface area contributed by atoms with Gasteiger partial charge in [-0.2, -0.15) is 0 Å². The number of rotatable bonds is 5. The van der Waals surface area contributed by atoms with Crippen LogP contribution in [0, 0.1) is 5.82 Å². The quantitative estimate of drug-likeness (QED) is 0.851. The smallest absolute Gasteiger partial charge is 0.131 e. The van der Waals surface area contributed by atoms with Crippen molar-refractivity contribution in [3.05, 3.63) is 58.4 Å². The van der Waals surface area contributed by atoms with E-state index in [4.69, 9.17) is 39.0 Å². The third kappa shape index (κ3) is 4.06. The lowest BCUT2D eigenvalue weighted by Crippen LogP contribution is -2.10. The number of benzene rings is 2. The van der Waals surface area contributed by atoms with Crippen LogP contribution in [-0.4, -0.2) is 12.1 Å². The third-order valence-corrected chi connectivity index (χ3v) is 3.28. The summed E-state index contributed by atoms with van der Waals surface area (Å²) in [6.45, 7) is 0.0624. The highest BCUT2D eigenvalue weighted by Crippen LogP contribution is 2.24. The van der Waals surface area contributed by atoms with Crippen molar-refractivity contribution in [1.29, 1.82) is 0 Å². The zero-order valence-electron chi connectivity index (χ0n) is 11.2. The number of hydrogen-bond acceptors (Lipinski definition) is 3. The standard InChI is InChI=1S/C15H13ClFNO2S/c1-19-12-4-10(15(18)21)5-13(7-12)20-8-9-2-3-11(16)6-14(9)17/h2-7H,8H2,1H3,(H2,18,21). The number of ether oxygens (including phenoxy) is 2. The second-order valence-corrected chi connectivity index (χ2v) is 5.16. The Morgan fingerprint density at radius 2 is 1.95 bits per heavy atom. The first-order chi connectivity index (χ1) is 9.99. The zero-order valence-corrected chi connectivity index (χ0v) is 12.8. The van der Waals surface area contributed by atoms with Crippen molar-refractivity contribution in [3.8, 4) is 11.5 Å². The highest BCUT2D eigenvalue weighted by molar-refractivity contribution is 7.80. The largest absolute Gasteiger partial charge is 0.497 e. The second kappa shape index (κ2) is 6.74. The maximum atomic E-state index is 13.7. The Kier molecular flexibility index (Phi) is 4.98. The van der Waals surface area contributed by atoms with Crippen molar-refractivity contribution < 1.29 is 13.9 Å². The SMILES string of the molecule is COc1cc(OCc2ccc(Cl)cc2F)cc(C(N)=S)c1. The molecule has 0 atom stereocenters. The lowest BCUT2D eigenvalue weighted by molar-refractivity contribution is 0.297. The number of nitrogens with two attached hydrogens (primary N) is 1. The molecule has 21 heavy (non-hydrogen) atoms. The molecule has 2 N–H and O–H groups in total. The second-order valence-electron chi connectivity index (χ2n) is 4.29. The molecule has 2 rings (SSSR count). The van der Waals surface area contributed by atoms with Gasteiger partial charge in [-0.3, -0.25) is 0 Å². The molecular formula is C15H13ClFNO2S. The predicted octanol–water partition coefficient (Wildman–Crippen LogP) is 3.70. The molecule has 3 nitrogen and oxygen atoms in total. The van der Waals surface area contributed by atoms with Crippen LogP contribution in [0.3, 0.4) is 0 Å². The average molecular weight is 326 g/mol. The van der Waals surface area contributed by atoms with Crippen LogP contribution in [0.4, 0.5) is 4.39 Å². The van der Waals surface area contributed by atoms with Crippen molar-refractivity contribution in [1.82, 2.24) is 0 Å². The van der Waals surface area contributed by atoms with Gasteiger partial charge in [0, 0.05) is 22.2 Å². The Morgan fingerprint density at radius 3 is 2.57 bits per heavy atom. The van der Waals surface area contributed by atoms with Crippen molar-refractivity contribution in [2.45, 2.75) is 6.61 Å². The molecule has 0 aliphatic carbocycles. The summed E-state index contributed by atoms with van der Waals surface area (Å²) in [5.41, 5.74) is 6.62. The number of hydrogen-bond donors (Lipinski definition) is 1. The van der Waals surface area contributed by atoms with Gasteiger partial charge in [-0.15, -0.1) is 0 Å². The maximum absolute atomic E-state index is 13.7. The fourth-order valence-corrected chi connectivity index (χ4v) is 1.99. The first kappa shape index (κ1) is 15.5. The van der Waals surface area contributed by atoms with Crippen LogP contribution in [-0.2, 0) is 6.61 Å². The fourth-order valence-electron chi connectivity index (χ4n) is 1.72. The topological polar surface area (TPSA) is 44.5 Å². The molecule has 0 heterocycles. The Morgan fingerprint density at radius 1 is 1.24 bits per heavy atom. The van der Waals surface area contributed by atoms with Gasteiger partial charge in [0.2, 0.25) is 0 Å². The van der Waals surface area contributed by atoms with E-state index in [9.17, 15) is 4.39 Å². The molecule has 0 bridgehead atoms. The van der Waals surface area contributed by atoms with Gasteiger partial charge in [-0.1, -0.05) is 29.9 Å². The van der Waals surface area contributed by atoms with Crippen LogP contribution >= 0.6 is 23.8 Å². The van der Waals surface area contributed by atoms with Gasteiger partial charge >= 0.3 is 0 Å². The molecule has 0 aromatic heterocycles. The van der Waals surface area contributed by atoms with E-state index in [1.807, 2.05) is 0 Å². The van der Waals surface area contributed by atoms with Gasteiger partial charge in [0.1, 0.15) is 28.9 Å². The van der Waals surface area contributed by atoms with E-state index in [2.05, 4.69) is 0 Å². The van der Waals surface area contributed by atoms with Gasteiger partial charge in [0.05, 0.1) is 7.11 Å². The summed E-state index contributed by atoms with van der Waals surface area (Å²) in [7, 11) is 1.53. The van der Waals surface area contributed by atoms with Crippen LogP contribution in [0.15, 0.2) is 36.4 Å². The Labute approximate surface area is 132 Å². The summed E-state index contributed by atoms with van der Waals surface area (Å²) in [6, 6.07) is 9.49. The summed E-state index contributed by atoms with van der Waals surface area (Å²) in [4.78, 5) is 0.233. The maximum Gasteiger partial charge on any atom is 0.131 e. The predicted molar refractivity (Wildman–Crippen MR) is 84.6 cm³/mol. The molecule has 110 valence electrons. The van der Waals surface area contributed by atoms with Crippen LogP contribution in [0.2, 0.25) is 5.02 Å². The van der Waals surface area contributed by atoms with Crippen LogP contribution in [0.5, 0.6) is 11.5 Å². The molecule has 0 saturated heterocycles. The van der Waals surface area contributed by atoms with E-state index in [1.54, 1.807) is 30.3 Å². The Balaban J connectivity index is 2.19. The van der Waals surface area contributed by atoms with E-state index in [0.717, 1.165) is 0 Å². The Hall–Kier alpha value is -1.85. The molecule has 0 amide bonds. The average Bonchev–Trinajstić information content (AvgIpc) is 2.46. The van der Waals surface area contributed by atoms with Gasteiger partial charge < -0.3 is 15.2 Å². The van der Waals surface area contributed by atoms with E-state index in [-0.39, 0.29) is 11.6 Å². The highest BCUT2D eigenvalue weighted by atomic mass is 35.5. The monoisotopic (exact) mass is 325 g/mol. The lowest BCUT2D eigenvalue weighted by Gasteiger charge is -2.11. The van der Waals surface area contributed by atoms with Crippen LogP contribution in [0.25, 0.3) is 0 Å². The molecule has 0 fully saturated rings. The minimum atomic E-state index is -0.417. The number of halogens is 2. The van der Waals surface area contributed by atoms with Crippen molar-refractivity contribution in [2.24, 2.45) is 5.73 Å².